The smallest absolute Gasteiger partial charge is 0.406 e. The third kappa shape index (κ3) is 4.44. The predicted molar refractivity (Wildman–Crippen MR) is 48.2 cm³/mol. The Kier molecular flexibility index (Phi) is 3.65. The lowest BCUT2D eigenvalue weighted by Crippen LogP contribution is -2.16. The van der Waals surface area contributed by atoms with Crippen molar-refractivity contribution in [3.63, 3.8) is 0 Å². The molecule has 0 amide bonds. The summed E-state index contributed by atoms with van der Waals surface area (Å²) in [5.74, 6) is -0.266. The summed E-state index contributed by atoms with van der Waals surface area (Å²) in [6, 6.07) is 5.19. The highest BCUT2D eigenvalue weighted by Gasteiger charge is 2.30. The summed E-state index contributed by atoms with van der Waals surface area (Å²) < 4.78 is 39.0. The third-order valence-corrected chi connectivity index (χ3v) is 1.40. The van der Waals surface area contributed by atoms with Gasteiger partial charge in [-0.1, -0.05) is 0 Å². The molecule has 15 heavy (non-hydrogen) atoms. The van der Waals surface area contributed by atoms with Gasteiger partial charge in [0.15, 0.2) is 0 Å². The van der Waals surface area contributed by atoms with E-state index in [1.165, 1.54) is 24.3 Å². The minimum atomic E-state index is -4.66. The van der Waals surface area contributed by atoms with Gasteiger partial charge in [-0.3, -0.25) is 0 Å². The lowest BCUT2D eigenvalue weighted by molar-refractivity contribution is -0.274. The molecule has 0 radical (unpaired) electrons. The molecule has 0 atom stereocenters. The van der Waals surface area contributed by atoms with Crippen LogP contribution in [0.1, 0.15) is 6.92 Å². The summed E-state index contributed by atoms with van der Waals surface area (Å²) in [5, 5.41) is 7.46. The fourth-order valence-corrected chi connectivity index (χ4v) is 0.867. The zero-order chi connectivity index (χ0) is 11.3. The lowest BCUT2D eigenvalue weighted by atomic mass is 10.3. The van der Waals surface area contributed by atoms with E-state index >= 15 is 0 Å². The number of hydrogen-bond donors (Lipinski definition) is 0. The van der Waals surface area contributed by atoms with E-state index in [1.54, 1.807) is 0 Å². The van der Waals surface area contributed by atoms with Gasteiger partial charge in [-0.05, 0) is 31.2 Å². The Hall–Kier alpha value is -1.59. The highest BCUT2D eigenvalue weighted by atomic mass is 19.4. The SMILES string of the molecule is CCN=Nc1ccc(OC(F)(F)F)cc1. The van der Waals surface area contributed by atoms with Crippen molar-refractivity contribution in [2.75, 3.05) is 6.54 Å². The van der Waals surface area contributed by atoms with Gasteiger partial charge in [-0.2, -0.15) is 10.2 Å². The summed E-state index contributed by atoms with van der Waals surface area (Å²) in [5.41, 5.74) is 0.492. The number of nitrogens with zero attached hydrogens (tertiary/aromatic N) is 2. The molecule has 1 aromatic rings. The number of azo groups is 1. The largest absolute Gasteiger partial charge is 0.573 e. The van der Waals surface area contributed by atoms with E-state index in [1.807, 2.05) is 6.92 Å². The maximum atomic E-state index is 11.8. The minimum Gasteiger partial charge on any atom is -0.406 e. The van der Waals surface area contributed by atoms with E-state index in [0.29, 0.717) is 12.2 Å². The number of hydrogen-bond acceptors (Lipinski definition) is 3. The Labute approximate surface area is 84.6 Å². The van der Waals surface area contributed by atoms with Crippen molar-refractivity contribution in [2.45, 2.75) is 13.3 Å². The Morgan fingerprint density at radius 1 is 1.20 bits per heavy atom. The molecule has 0 saturated carbocycles. The van der Waals surface area contributed by atoms with Crippen LogP contribution in [0.2, 0.25) is 0 Å². The molecule has 0 aromatic heterocycles. The van der Waals surface area contributed by atoms with Gasteiger partial charge in [0, 0.05) is 0 Å². The fraction of sp³-hybridized carbons (Fsp3) is 0.333. The molecule has 0 unspecified atom stereocenters. The van der Waals surface area contributed by atoms with Gasteiger partial charge in [0.1, 0.15) is 5.75 Å². The van der Waals surface area contributed by atoms with Crippen molar-refractivity contribution >= 4 is 5.69 Å². The first-order valence-electron chi connectivity index (χ1n) is 4.24. The van der Waals surface area contributed by atoms with E-state index in [-0.39, 0.29) is 5.75 Å². The van der Waals surface area contributed by atoms with E-state index in [2.05, 4.69) is 15.0 Å². The zero-order valence-electron chi connectivity index (χ0n) is 7.95. The quantitative estimate of drug-likeness (QED) is 0.712. The maximum absolute atomic E-state index is 11.8. The Balaban J connectivity index is 2.68. The molecule has 1 rings (SSSR count). The Morgan fingerprint density at radius 3 is 2.27 bits per heavy atom. The number of alkyl halides is 3. The van der Waals surface area contributed by atoms with E-state index < -0.39 is 6.36 Å². The van der Waals surface area contributed by atoms with E-state index in [4.69, 9.17) is 0 Å². The average molecular weight is 218 g/mol. The van der Waals surface area contributed by atoms with E-state index in [0.717, 1.165) is 0 Å². The van der Waals surface area contributed by atoms with Crippen molar-refractivity contribution in [3.05, 3.63) is 24.3 Å². The summed E-state index contributed by atoms with van der Waals surface area (Å²) in [4.78, 5) is 0. The van der Waals surface area contributed by atoms with Crippen LogP contribution in [0.5, 0.6) is 5.75 Å². The molecule has 0 bridgehead atoms. The molecule has 0 spiro atoms. The fourth-order valence-electron chi connectivity index (χ4n) is 0.867. The van der Waals surface area contributed by atoms with Crippen molar-refractivity contribution < 1.29 is 17.9 Å². The van der Waals surface area contributed by atoms with Gasteiger partial charge >= 0.3 is 6.36 Å². The molecular weight excluding hydrogens is 209 g/mol. The summed E-state index contributed by atoms with van der Waals surface area (Å²) >= 11 is 0. The van der Waals surface area contributed by atoms with Crippen molar-refractivity contribution in [3.8, 4) is 5.75 Å². The van der Waals surface area contributed by atoms with Crippen LogP contribution in [0.4, 0.5) is 18.9 Å². The van der Waals surface area contributed by atoms with Crippen LogP contribution in [0.3, 0.4) is 0 Å². The van der Waals surface area contributed by atoms with Gasteiger partial charge in [-0.15, -0.1) is 13.2 Å². The van der Waals surface area contributed by atoms with Crippen LogP contribution < -0.4 is 4.74 Å². The predicted octanol–water partition coefficient (Wildman–Crippen LogP) is 3.69. The molecule has 0 heterocycles. The van der Waals surface area contributed by atoms with Crippen LogP contribution >= 0.6 is 0 Å². The number of benzene rings is 1. The van der Waals surface area contributed by atoms with Crippen molar-refractivity contribution in [1.82, 2.24) is 0 Å². The van der Waals surface area contributed by atoms with Crippen LogP contribution in [0, 0.1) is 0 Å². The Bertz CT molecular complexity index is 332. The normalized spacial score (nSPS) is 12.0. The van der Waals surface area contributed by atoms with Crippen LogP contribution in [0.25, 0.3) is 0 Å². The topological polar surface area (TPSA) is 34.0 Å². The standard InChI is InChI=1S/C9H9F3N2O/c1-2-13-14-7-3-5-8(6-4-7)15-9(10,11)12/h3-6H,2H2,1H3. The van der Waals surface area contributed by atoms with Gasteiger partial charge in [0.25, 0.3) is 0 Å². The second-order valence-corrected chi connectivity index (χ2v) is 2.60. The summed E-state index contributed by atoms with van der Waals surface area (Å²) in [6.07, 6.45) is -4.66. The van der Waals surface area contributed by atoms with Gasteiger partial charge in [0.05, 0.1) is 12.2 Å². The number of ether oxygens (including phenoxy) is 1. The first kappa shape index (κ1) is 11.5. The second-order valence-electron chi connectivity index (χ2n) is 2.60. The molecule has 0 saturated heterocycles. The van der Waals surface area contributed by atoms with Crippen LogP contribution in [0.15, 0.2) is 34.5 Å². The molecule has 0 N–H and O–H groups in total. The lowest BCUT2D eigenvalue weighted by Gasteiger charge is -2.07. The molecule has 0 fully saturated rings. The van der Waals surface area contributed by atoms with Crippen molar-refractivity contribution in [2.24, 2.45) is 10.2 Å². The first-order chi connectivity index (χ1) is 7.01. The molecule has 0 aliphatic carbocycles. The third-order valence-electron chi connectivity index (χ3n) is 1.40. The summed E-state index contributed by atoms with van der Waals surface area (Å²) in [7, 11) is 0. The molecule has 0 aliphatic rings. The molecule has 82 valence electrons. The monoisotopic (exact) mass is 218 g/mol. The molecular formula is C9H9F3N2O. The maximum Gasteiger partial charge on any atom is 0.573 e. The van der Waals surface area contributed by atoms with Gasteiger partial charge in [-0.25, -0.2) is 0 Å². The number of rotatable bonds is 3. The van der Waals surface area contributed by atoms with E-state index in [9.17, 15) is 13.2 Å². The van der Waals surface area contributed by atoms with Crippen LogP contribution in [-0.2, 0) is 0 Å². The van der Waals surface area contributed by atoms with Crippen LogP contribution in [-0.4, -0.2) is 12.9 Å². The zero-order valence-corrected chi connectivity index (χ0v) is 7.95. The number of halogens is 3. The molecule has 1 aromatic carbocycles. The average Bonchev–Trinajstić information content (AvgIpc) is 2.14. The van der Waals surface area contributed by atoms with Gasteiger partial charge in [0.2, 0.25) is 0 Å². The minimum absolute atomic E-state index is 0.266. The molecule has 3 nitrogen and oxygen atoms in total. The summed E-state index contributed by atoms with van der Waals surface area (Å²) in [6.45, 7) is 2.34. The first-order valence-corrected chi connectivity index (χ1v) is 4.24. The van der Waals surface area contributed by atoms with Gasteiger partial charge < -0.3 is 4.74 Å². The van der Waals surface area contributed by atoms with Crippen molar-refractivity contribution in [1.29, 1.82) is 0 Å². The second kappa shape index (κ2) is 4.77. The highest BCUT2D eigenvalue weighted by Crippen LogP contribution is 2.24. The molecule has 0 aliphatic heterocycles. The Morgan fingerprint density at radius 2 is 1.80 bits per heavy atom. The highest BCUT2D eigenvalue weighted by molar-refractivity contribution is 5.40. The molecule has 6 heteroatoms.